The van der Waals surface area contributed by atoms with Gasteiger partial charge in [0, 0.05) is 0 Å². The van der Waals surface area contributed by atoms with Gasteiger partial charge in [-0.3, -0.25) is 10.6 Å². The third-order valence-corrected chi connectivity index (χ3v) is 10.9. The minimum absolute atomic E-state index is 0. The molecule has 0 bridgehead atoms. The van der Waals surface area contributed by atoms with Gasteiger partial charge in [-0.15, -0.1) is 0 Å². The van der Waals surface area contributed by atoms with Crippen LogP contribution in [0.1, 0.15) is 194 Å². The normalized spacial score (nSPS) is 13.2. The van der Waals surface area contributed by atoms with Gasteiger partial charge >= 0.3 is 59.1 Å². The van der Waals surface area contributed by atoms with Gasteiger partial charge in [0.1, 0.15) is 31.0 Å². The molecule has 0 amide bonds. The molecular weight excluding hydrogens is 642 g/mol. The molecular formula is C34H70N2Na2O6S2. The molecule has 0 rings (SSSR count). The molecule has 266 valence electrons. The number of hydrogen-bond donors (Lipinski definition) is 2. The van der Waals surface area contributed by atoms with E-state index in [1.165, 1.54) is 128 Å². The van der Waals surface area contributed by atoms with Gasteiger partial charge < -0.3 is 9.11 Å². The summed E-state index contributed by atoms with van der Waals surface area (Å²) in [6, 6.07) is 0. The fourth-order valence-corrected chi connectivity index (χ4v) is 8.11. The fourth-order valence-electron chi connectivity index (χ4n) is 5.85. The van der Waals surface area contributed by atoms with Gasteiger partial charge in [-0.1, -0.05) is 181 Å². The fraction of sp³-hybridized carbons (Fsp3) is 1.00. The molecule has 2 atom stereocenters. The van der Waals surface area contributed by atoms with Crippen LogP contribution in [0.15, 0.2) is 0 Å². The van der Waals surface area contributed by atoms with Crippen molar-refractivity contribution in [3.05, 3.63) is 0 Å². The van der Waals surface area contributed by atoms with Gasteiger partial charge in [-0.2, -0.15) is 0 Å². The van der Waals surface area contributed by atoms with E-state index in [-0.39, 0.29) is 72.2 Å². The summed E-state index contributed by atoms with van der Waals surface area (Å²) in [5, 5.41) is 1.16. The van der Waals surface area contributed by atoms with Crippen LogP contribution in [-0.2, 0) is 20.2 Å². The van der Waals surface area contributed by atoms with Crippen molar-refractivity contribution in [2.75, 3.05) is 13.1 Å². The van der Waals surface area contributed by atoms with E-state index in [0.29, 0.717) is 12.8 Å². The molecule has 2 N–H and O–H groups in total. The smallest absolute Gasteiger partial charge is 0.747 e. The van der Waals surface area contributed by atoms with E-state index >= 15 is 0 Å². The van der Waals surface area contributed by atoms with E-state index < -0.39 is 31.0 Å². The van der Waals surface area contributed by atoms with Gasteiger partial charge in [-0.05, 0) is 25.9 Å². The van der Waals surface area contributed by atoms with Gasteiger partial charge in [0.15, 0.2) is 0 Å². The van der Waals surface area contributed by atoms with Crippen molar-refractivity contribution in [3.8, 4) is 0 Å². The maximum absolute atomic E-state index is 11.9. The van der Waals surface area contributed by atoms with Crippen LogP contribution in [0.5, 0.6) is 0 Å². The minimum Gasteiger partial charge on any atom is -0.747 e. The standard InChI is InChI=1S/C34H72N2O6S2.2Na/c1-3-5-7-9-11-13-15-17-19-21-23-25-27-29-31-35-33(43(37,38)39)34(44(40,41)42)36-32-30-28-26-24-22-20-18-16-14-12-10-8-6-4-2;;/h33-36H,3-32H2,1-2H3,(H,37,38,39)(H,40,41,42);;/q;2*+1/p-2. The second-order valence-electron chi connectivity index (χ2n) is 12.9. The molecule has 8 nitrogen and oxygen atoms in total. The second-order valence-corrected chi connectivity index (χ2v) is 15.9. The van der Waals surface area contributed by atoms with Crippen molar-refractivity contribution in [1.82, 2.24) is 10.6 Å². The molecule has 0 aromatic rings. The maximum Gasteiger partial charge on any atom is 1.00 e. The number of hydrogen-bond acceptors (Lipinski definition) is 8. The zero-order chi connectivity index (χ0) is 32.8. The molecule has 0 aromatic heterocycles. The first kappa shape index (κ1) is 52.1. The second kappa shape index (κ2) is 36.5. The summed E-state index contributed by atoms with van der Waals surface area (Å²) in [6.07, 6.45) is 33.2. The van der Waals surface area contributed by atoms with Crippen molar-refractivity contribution < 1.29 is 85.1 Å². The van der Waals surface area contributed by atoms with Crippen LogP contribution in [0.3, 0.4) is 0 Å². The minimum atomic E-state index is -5.04. The summed E-state index contributed by atoms with van der Waals surface area (Å²) in [5.41, 5.74) is 0. The summed E-state index contributed by atoms with van der Waals surface area (Å²) in [6.45, 7) is 4.83. The molecule has 0 aliphatic rings. The van der Waals surface area contributed by atoms with Crippen LogP contribution < -0.4 is 69.7 Å². The Kier molecular flexibility index (Phi) is 41.4. The van der Waals surface area contributed by atoms with Gasteiger partial charge in [0.2, 0.25) is 0 Å². The Morgan fingerprint density at radius 1 is 0.370 bits per heavy atom. The Morgan fingerprint density at radius 3 is 0.717 bits per heavy atom. The summed E-state index contributed by atoms with van der Waals surface area (Å²) >= 11 is 0. The average Bonchev–Trinajstić information content (AvgIpc) is 2.96. The number of rotatable bonds is 35. The third kappa shape index (κ3) is 34.2. The molecule has 0 fully saturated rings. The molecule has 0 radical (unpaired) electrons. The van der Waals surface area contributed by atoms with E-state index in [1.54, 1.807) is 0 Å². The maximum atomic E-state index is 11.9. The Bertz CT molecular complexity index is 767. The third-order valence-electron chi connectivity index (χ3n) is 8.65. The summed E-state index contributed by atoms with van der Waals surface area (Å²) < 4.78 is 71.4. The Morgan fingerprint density at radius 2 is 0.543 bits per heavy atom. The molecule has 0 saturated carbocycles. The van der Waals surface area contributed by atoms with Crippen molar-refractivity contribution >= 4 is 20.2 Å². The SMILES string of the molecule is CCCCCCCCCCCCCCCCNC(C(NCCCCCCCCCCCCCCCC)S(=O)(=O)[O-])S(=O)(=O)[O-].[Na+].[Na+]. The average molecular weight is 713 g/mol. The van der Waals surface area contributed by atoms with E-state index in [2.05, 4.69) is 24.5 Å². The first-order valence-corrected chi connectivity index (χ1v) is 21.4. The largest absolute Gasteiger partial charge is 1.00 e. The van der Waals surface area contributed by atoms with Crippen LogP contribution in [0.25, 0.3) is 0 Å². The zero-order valence-electron chi connectivity index (χ0n) is 30.6. The molecule has 12 heteroatoms. The first-order valence-electron chi connectivity index (χ1n) is 18.5. The predicted molar refractivity (Wildman–Crippen MR) is 184 cm³/mol. The first-order chi connectivity index (χ1) is 21.1. The molecule has 2 unspecified atom stereocenters. The Hall–Kier alpha value is 1.74. The molecule has 0 aliphatic carbocycles. The molecule has 0 heterocycles. The van der Waals surface area contributed by atoms with Crippen molar-refractivity contribution in [2.45, 2.75) is 204 Å². The van der Waals surface area contributed by atoms with Crippen molar-refractivity contribution in [1.29, 1.82) is 0 Å². The Balaban J connectivity index is -0.00000924. The predicted octanol–water partition coefficient (Wildman–Crippen LogP) is 2.88. The molecule has 0 aromatic carbocycles. The van der Waals surface area contributed by atoms with Crippen LogP contribution in [0.4, 0.5) is 0 Å². The zero-order valence-corrected chi connectivity index (χ0v) is 36.3. The van der Waals surface area contributed by atoms with Crippen molar-refractivity contribution in [3.63, 3.8) is 0 Å². The van der Waals surface area contributed by atoms with E-state index in [9.17, 15) is 25.9 Å². The quantitative estimate of drug-likeness (QED) is 0.0582. The topological polar surface area (TPSA) is 138 Å². The van der Waals surface area contributed by atoms with Crippen molar-refractivity contribution in [2.24, 2.45) is 0 Å². The van der Waals surface area contributed by atoms with E-state index in [0.717, 1.165) is 38.5 Å². The van der Waals surface area contributed by atoms with Crippen LogP contribution in [0.2, 0.25) is 0 Å². The van der Waals surface area contributed by atoms with Gasteiger partial charge in [0.05, 0.1) is 0 Å². The van der Waals surface area contributed by atoms with Crippen LogP contribution in [-0.4, -0.2) is 49.8 Å². The number of unbranched alkanes of at least 4 members (excludes halogenated alkanes) is 26. The van der Waals surface area contributed by atoms with Crippen LogP contribution in [0, 0.1) is 0 Å². The molecule has 0 saturated heterocycles. The van der Waals surface area contributed by atoms with Gasteiger partial charge in [-0.25, -0.2) is 16.8 Å². The molecule has 46 heavy (non-hydrogen) atoms. The van der Waals surface area contributed by atoms with Gasteiger partial charge in [0.25, 0.3) is 0 Å². The van der Waals surface area contributed by atoms with Crippen LogP contribution >= 0.6 is 0 Å². The molecule has 0 aliphatic heterocycles. The number of nitrogens with one attached hydrogen (secondary N) is 2. The van der Waals surface area contributed by atoms with E-state index in [4.69, 9.17) is 0 Å². The van der Waals surface area contributed by atoms with E-state index in [1.807, 2.05) is 0 Å². The Labute approximate surface area is 330 Å². The summed E-state index contributed by atoms with van der Waals surface area (Å²) in [7, 11) is -10.1. The monoisotopic (exact) mass is 712 g/mol. The summed E-state index contributed by atoms with van der Waals surface area (Å²) in [5.74, 6) is 0. The molecule has 0 spiro atoms. The summed E-state index contributed by atoms with van der Waals surface area (Å²) in [4.78, 5) is 0.